The summed E-state index contributed by atoms with van der Waals surface area (Å²) in [4.78, 5) is 0. The van der Waals surface area contributed by atoms with Crippen LogP contribution in [0.5, 0.6) is 0 Å². The van der Waals surface area contributed by atoms with E-state index in [4.69, 9.17) is 15.3 Å². The van der Waals surface area contributed by atoms with Gasteiger partial charge in [-0.2, -0.15) is 0 Å². The molecule has 24 heavy (non-hydrogen) atoms. The first-order valence-corrected chi connectivity index (χ1v) is 6.68. The van der Waals surface area contributed by atoms with Gasteiger partial charge in [0, 0.05) is 40.0 Å². The van der Waals surface area contributed by atoms with Crippen molar-refractivity contribution >= 4 is 0 Å². The molecule has 0 spiro atoms. The Kier molecular flexibility index (Phi) is 22.5. The SMILES string of the molecule is CC(C)O.CC(C)O.CC(C)O.Fc1[c-]c(F)c(F)c(F)c1F.[Ti]. The van der Waals surface area contributed by atoms with E-state index in [1.165, 1.54) is 0 Å². The molecule has 3 nitrogen and oxygen atoms in total. The van der Waals surface area contributed by atoms with Crippen LogP contribution in [0.4, 0.5) is 22.0 Å². The largest absolute Gasteiger partial charge is 0.394 e. The Hall–Kier alpha value is -0.536. The Morgan fingerprint density at radius 3 is 0.917 bits per heavy atom. The molecule has 1 aromatic carbocycles. The predicted octanol–water partition coefficient (Wildman–Crippen LogP) is 3.34. The van der Waals surface area contributed by atoms with Crippen LogP contribution >= 0.6 is 0 Å². The van der Waals surface area contributed by atoms with E-state index in [0.29, 0.717) is 0 Å². The van der Waals surface area contributed by atoms with Crippen LogP contribution < -0.4 is 0 Å². The van der Waals surface area contributed by atoms with E-state index in [1.807, 2.05) is 0 Å². The first-order chi connectivity index (χ1) is 10.2. The van der Waals surface area contributed by atoms with E-state index in [9.17, 15) is 22.0 Å². The number of aliphatic hydroxyl groups excluding tert-OH is 3. The number of benzene rings is 1. The molecule has 0 heterocycles. The van der Waals surface area contributed by atoms with Crippen LogP contribution in [0.15, 0.2) is 0 Å². The fourth-order valence-electron chi connectivity index (χ4n) is 0.495. The summed E-state index contributed by atoms with van der Waals surface area (Å²) >= 11 is 0. The molecule has 0 aromatic heterocycles. The molecule has 0 aliphatic heterocycles. The Labute approximate surface area is 154 Å². The molecule has 0 saturated carbocycles. The van der Waals surface area contributed by atoms with Crippen LogP contribution in [0.25, 0.3) is 0 Å². The molecule has 1 rings (SSSR count). The summed E-state index contributed by atoms with van der Waals surface area (Å²) in [5, 5.41) is 24.2. The number of hydrogen-bond donors (Lipinski definition) is 3. The van der Waals surface area contributed by atoms with E-state index >= 15 is 0 Å². The van der Waals surface area contributed by atoms with Gasteiger partial charge in [0.2, 0.25) is 0 Å². The van der Waals surface area contributed by atoms with E-state index < -0.39 is 29.1 Å². The Morgan fingerprint density at radius 1 is 0.583 bits per heavy atom. The molecular formula is C15H24F5O3Ti-. The van der Waals surface area contributed by atoms with Crippen molar-refractivity contribution in [2.75, 3.05) is 0 Å². The Balaban J connectivity index is -0.000000130. The topological polar surface area (TPSA) is 60.7 Å². The van der Waals surface area contributed by atoms with Crippen molar-refractivity contribution in [2.45, 2.75) is 59.9 Å². The van der Waals surface area contributed by atoms with Gasteiger partial charge >= 0.3 is 0 Å². The smallest absolute Gasteiger partial charge is 0.0893 e. The zero-order valence-corrected chi connectivity index (χ0v) is 16.0. The third-order valence-corrected chi connectivity index (χ3v) is 0.990. The zero-order chi connectivity index (χ0) is 19.3. The minimum Gasteiger partial charge on any atom is -0.394 e. The van der Waals surface area contributed by atoms with Gasteiger partial charge in [0.25, 0.3) is 0 Å². The molecule has 142 valence electrons. The molecule has 0 aliphatic carbocycles. The molecule has 3 N–H and O–H groups in total. The van der Waals surface area contributed by atoms with Gasteiger partial charge in [-0.1, -0.05) is 0 Å². The normalized spacial score (nSPS) is 9.21. The van der Waals surface area contributed by atoms with Crippen molar-refractivity contribution in [3.05, 3.63) is 35.2 Å². The summed E-state index contributed by atoms with van der Waals surface area (Å²) < 4.78 is 59.9. The van der Waals surface area contributed by atoms with Gasteiger partial charge in [-0.3, -0.25) is 8.78 Å². The van der Waals surface area contributed by atoms with Crippen molar-refractivity contribution < 1.29 is 59.0 Å². The Morgan fingerprint density at radius 2 is 0.750 bits per heavy atom. The number of rotatable bonds is 0. The third kappa shape index (κ3) is 23.7. The number of hydrogen-bond acceptors (Lipinski definition) is 3. The molecule has 1 aromatic rings. The van der Waals surface area contributed by atoms with E-state index in [1.54, 1.807) is 41.5 Å². The van der Waals surface area contributed by atoms with Gasteiger partial charge in [0.1, 0.15) is 0 Å². The fraction of sp³-hybridized carbons (Fsp3) is 0.600. The summed E-state index contributed by atoms with van der Waals surface area (Å²) in [5.41, 5.74) is 0. The van der Waals surface area contributed by atoms with Crippen LogP contribution in [0.3, 0.4) is 0 Å². The molecule has 0 unspecified atom stereocenters. The van der Waals surface area contributed by atoms with Crippen molar-refractivity contribution in [3.8, 4) is 0 Å². The number of halogens is 5. The summed E-state index contributed by atoms with van der Waals surface area (Å²) in [6.45, 7) is 10.3. The van der Waals surface area contributed by atoms with Crippen molar-refractivity contribution in [3.63, 3.8) is 0 Å². The average Bonchev–Trinajstić information content (AvgIpc) is 2.32. The van der Waals surface area contributed by atoms with Crippen LogP contribution in [-0.2, 0) is 21.7 Å². The van der Waals surface area contributed by atoms with Gasteiger partial charge in [0.05, 0.1) is 29.1 Å². The maximum absolute atomic E-state index is 12.0. The third-order valence-electron chi connectivity index (χ3n) is 0.990. The van der Waals surface area contributed by atoms with Crippen molar-refractivity contribution in [1.82, 2.24) is 0 Å². The molecule has 0 fully saturated rings. The molecule has 9 heteroatoms. The minimum atomic E-state index is -2.17. The molecule has 0 aliphatic rings. The van der Waals surface area contributed by atoms with E-state index in [-0.39, 0.29) is 40.0 Å². The fourth-order valence-corrected chi connectivity index (χ4v) is 0.495. The quantitative estimate of drug-likeness (QED) is 0.208. The minimum absolute atomic E-state index is 0. The van der Waals surface area contributed by atoms with Gasteiger partial charge in [0.15, 0.2) is 0 Å². The second-order valence-corrected chi connectivity index (χ2v) is 4.98. The standard InChI is InChI=1S/C6F5.3C3H8O.Ti/c7-2-1-3(8)5(10)6(11)4(2)9;3*1-3(2)4;/h;3*3-4H,1-2H3;/q-1;;;;. The van der Waals surface area contributed by atoms with Crippen molar-refractivity contribution in [1.29, 1.82) is 0 Å². The molecule has 0 amide bonds. The maximum atomic E-state index is 12.0. The van der Waals surface area contributed by atoms with Crippen LogP contribution in [0, 0.1) is 35.2 Å². The van der Waals surface area contributed by atoms with Gasteiger partial charge in [-0.25, -0.2) is 13.2 Å². The summed E-state index contributed by atoms with van der Waals surface area (Å²) in [6.07, 6.45) is -0.500. The maximum Gasteiger partial charge on any atom is 0.0893 e. The van der Waals surface area contributed by atoms with Gasteiger partial charge < -0.3 is 15.3 Å². The number of aliphatic hydroxyl groups is 3. The van der Waals surface area contributed by atoms with E-state index in [0.717, 1.165) is 6.07 Å². The average molecular weight is 395 g/mol. The molecule has 0 radical (unpaired) electrons. The summed E-state index contributed by atoms with van der Waals surface area (Å²) in [7, 11) is 0. The predicted molar refractivity (Wildman–Crippen MR) is 77.1 cm³/mol. The first kappa shape index (κ1) is 31.3. The van der Waals surface area contributed by atoms with Crippen LogP contribution in [-0.4, -0.2) is 33.6 Å². The van der Waals surface area contributed by atoms with E-state index in [2.05, 4.69) is 0 Å². The van der Waals surface area contributed by atoms with Crippen LogP contribution in [0.1, 0.15) is 41.5 Å². The van der Waals surface area contributed by atoms with Gasteiger partial charge in [-0.05, 0) is 41.5 Å². The second kappa shape index (κ2) is 17.3. The monoisotopic (exact) mass is 395 g/mol. The molecular weight excluding hydrogens is 371 g/mol. The molecule has 0 bridgehead atoms. The molecule has 0 saturated heterocycles. The zero-order valence-electron chi connectivity index (χ0n) is 14.5. The summed E-state index contributed by atoms with van der Waals surface area (Å²) in [6, 6.07) is 1.02. The first-order valence-electron chi connectivity index (χ1n) is 6.68. The molecule has 0 atom stereocenters. The van der Waals surface area contributed by atoms with Crippen molar-refractivity contribution in [2.24, 2.45) is 0 Å². The van der Waals surface area contributed by atoms with Gasteiger partial charge in [-0.15, -0.1) is 6.07 Å². The summed E-state index contributed by atoms with van der Waals surface area (Å²) in [5.74, 6) is -10.0. The Bertz CT molecular complexity index is 381. The second-order valence-electron chi connectivity index (χ2n) is 4.98. The van der Waals surface area contributed by atoms with Crippen LogP contribution in [0.2, 0.25) is 0 Å².